The molecule has 4 atom stereocenters. The van der Waals surface area contributed by atoms with Gasteiger partial charge in [-0.05, 0) is 32.6 Å². The fraction of sp³-hybridized carbons (Fsp3) is 1.00. The van der Waals surface area contributed by atoms with E-state index in [0.717, 1.165) is 6.42 Å². The van der Waals surface area contributed by atoms with E-state index in [9.17, 15) is 5.21 Å². The molecule has 4 unspecified atom stereocenters. The van der Waals surface area contributed by atoms with E-state index in [2.05, 4.69) is 12.2 Å². The lowest BCUT2D eigenvalue weighted by Gasteiger charge is -2.55. The largest absolute Gasteiger partial charge is 0.784 e. The summed E-state index contributed by atoms with van der Waals surface area (Å²) in [4.78, 5) is 0. The Bertz CT molecular complexity index is 186. The van der Waals surface area contributed by atoms with Crippen molar-refractivity contribution in [3.8, 4) is 0 Å². The number of hydrogen-bond acceptors (Lipinski definition) is 3. The molecule has 1 heterocycles. The van der Waals surface area contributed by atoms with Crippen LogP contribution in [-0.4, -0.2) is 23.3 Å². The molecule has 3 heteroatoms. The van der Waals surface area contributed by atoms with Crippen molar-refractivity contribution in [3.63, 3.8) is 0 Å². The fourth-order valence-electron chi connectivity index (χ4n) is 2.90. The Labute approximate surface area is 80.1 Å². The summed E-state index contributed by atoms with van der Waals surface area (Å²) in [5.41, 5.74) is 0. The highest BCUT2D eigenvalue weighted by Crippen LogP contribution is 2.34. The molecule has 1 saturated carbocycles. The molecule has 3 nitrogen and oxygen atoms in total. The first-order chi connectivity index (χ1) is 6.20. The molecule has 0 radical (unpaired) electrons. The van der Waals surface area contributed by atoms with E-state index in [1.807, 2.05) is 6.92 Å². The van der Waals surface area contributed by atoms with E-state index in [1.54, 1.807) is 0 Å². The minimum absolute atomic E-state index is 0.00866. The van der Waals surface area contributed by atoms with Gasteiger partial charge in [0.25, 0.3) is 0 Å². The molecule has 1 aliphatic carbocycles. The van der Waals surface area contributed by atoms with Crippen molar-refractivity contribution in [2.45, 2.75) is 57.8 Å². The van der Waals surface area contributed by atoms with Crippen LogP contribution in [0.4, 0.5) is 0 Å². The van der Waals surface area contributed by atoms with E-state index < -0.39 is 0 Å². The molecule has 0 bridgehead atoms. The molecule has 1 aliphatic heterocycles. The second-order valence-corrected chi connectivity index (χ2v) is 4.51. The fourth-order valence-corrected chi connectivity index (χ4v) is 2.90. The van der Waals surface area contributed by atoms with E-state index >= 15 is 0 Å². The number of nitrogens with one attached hydrogen (secondary N) is 1. The van der Waals surface area contributed by atoms with Gasteiger partial charge in [-0.25, -0.2) is 0 Å². The molecule has 76 valence electrons. The zero-order valence-electron chi connectivity index (χ0n) is 8.49. The van der Waals surface area contributed by atoms with Crippen LogP contribution in [0.15, 0.2) is 0 Å². The van der Waals surface area contributed by atoms with Gasteiger partial charge in [-0.1, -0.05) is 12.8 Å². The molecule has 1 N–H and O–H groups in total. The van der Waals surface area contributed by atoms with Crippen molar-refractivity contribution < 1.29 is 0 Å². The second-order valence-electron chi connectivity index (χ2n) is 4.51. The average molecular weight is 183 g/mol. The van der Waals surface area contributed by atoms with E-state index in [0.29, 0.717) is 18.0 Å². The molecular weight excluding hydrogens is 164 g/mol. The Balaban J connectivity index is 2.10. The van der Waals surface area contributed by atoms with Gasteiger partial charge in [0.1, 0.15) is 0 Å². The zero-order chi connectivity index (χ0) is 9.42. The smallest absolute Gasteiger partial charge is 0.0457 e. The van der Waals surface area contributed by atoms with E-state index in [-0.39, 0.29) is 6.17 Å². The molecule has 0 aromatic rings. The number of hydrogen-bond donors (Lipinski definition) is 1. The predicted molar refractivity (Wildman–Crippen MR) is 53.0 cm³/mol. The van der Waals surface area contributed by atoms with Gasteiger partial charge < -0.3 is 10.3 Å². The third-order valence-electron chi connectivity index (χ3n) is 3.64. The molecular formula is C10H19N2O-. The Morgan fingerprint density at radius 3 is 2.69 bits per heavy atom. The third-order valence-corrected chi connectivity index (χ3v) is 3.64. The SMILES string of the molecule is CC1NC(C)N([O-])C2CCCCC12. The molecule has 1 saturated heterocycles. The molecule has 2 rings (SSSR count). The molecule has 2 fully saturated rings. The molecule has 13 heavy (non-hydrogen) atoms. The lowest BCUT2D eigenvalue weighted by molar-refractivity contribution is 0.0272. The summed E-state index contributed by atoms with van der Waals surface area (Å²) in [5, 5.41) is 16.4. The summed E-state index contributed by atoms with van der Waals surface area (Å²) >= 11 is 0. The number of hydroxylamine groups is 2. The van der Waals surface area contributed by atoms with Crippen molar-refractivity contribution in [1.82, 2.24) is 10.4 Å². The maximum Gasteiger partial charge on any atom is 0.0457 e. The van der Waals surface area contributed by atoms with Crippen LogP contribution in [-0.2, 0) is 0 Å². The van der Waals surface area contributed by atoms with Crippen LogP contribution in [0.3, 0.4) is 0 Å². The molecule has 0 aromatic heterocycles. The lowest BCUT2D eigenvalue weighted by atomic mass is 9.78. The van der Waals surface area contributed by atoms with Gasteiger partial charge in [0.05, 0.1) is 0 Å². The first-order valence-electron chi connectivity index (χ1n) is 5.41. The summed E-state index contributed by atoms with van der Waals surface area (Å²) in [6, 6.07) is 0.811. The predicted octanol–water partition coefficient (Wildman–Crippen LogP) is 1.68. The first kappa shape index (κ1) is 9.44. The topological polar surface area (TPSA) is 38.3 Å². The van der Waals surface area contributed by atoms with Gasteiger partial charge >= 0.3 is 0 Å². The normalized spacial score (nSPS) is 47.3. The second kappa shape index (κ2) is 3.56. The van der Waals surface area contributed by atoms with Crippen molar-refractivity contribution in [1.29, 1.82) is 0 Å². The van der Waals surface area contributed by atoms with Gasteiger partial charge in [-0.2, -0.15) is 0 Å². The van der Waals surface area contributed by atoms with Crippen molar-refractivity contribution in [2.75, 3.05) is 0 Å². The Morgan fingerprint density at radius 1 is 1.23 bits per heavy atom. The highest BCUT2D eigenvalue weighted by molar-refractivity contribution is 4.95. The maximum absolute atomic E-state index is 11.8. The Morgan fingerprint density at radius 2 is 1.92 bits per heavy atom. The van der Waals surface area contributed by atoms with Crippen LogP contribution >= 0.6 is 0 Å². The van der Waals surface area contributed by atoms with Gasteiger partial charge in [-0.3, -0.25) is 5.32 Å². The lowest BCUT2D eigenvalue weighted by Crippen LogP contribution is -2.61. The zero-order valence-corrected chi connectivity index (χ0v) is 8.49. The Kier molecular flexibility index (Phi) is 2.58. The van der Waals surface area contributed by atoms with Crippen LogP contribution in [0.5, 0.6) is 0 Å². The Hall–Kier alpha value is -0.120. The van der Waals surface area contributed by atoms with Crippen molar-refractivity contribution >= 4 is 0 Å². The van der Waals surface area contributed by atoms with Crippen LogP contribution in [0.2, 0.25) is 0 Å². The minimum Gasteiger partial charge on any atom is -0.784 e. The number of nitrogens with zero attached hydrogens (tertiary/aromatic N) is 1. The third kappa shape index (κ3) is 1.60. The summed E-state index contributed by atoms with van der Waals surface area (Å²) in [6.45, 7) is 4.18. The summed E-state index contributed by atoms with van der Waals surface area (Å²) in [6.07, 6.45) is 4.87. The highest BCUT2D eigenvalue weighted by atomic mass is 16.5. The molecule has 0 aromatic carbocycles. The minimum atomic E-state index is 0.00866. The van der Waals surface area contributed by atoms with Crippen LogP contribution < -0.4 is 5.32 Å². The number of rotatable bonds is 0. The summed E-state index contributed by atoms with van der Waals surface area (Å²) < 4.78 is 0. The number of fused-ring (bicyclic) bond motifs is 1. The van der Waals surface area contributed by atoms with Gasteiger partial charge in [0, 0.05) is 18.2 Å². The quantitative estimate of drug-likeness (QED) is 0.621. The maximum atomic E-state index is 11.8. The highest BCUT2D eigenvalue weighted by Gasteiger charge is 2.35. The van der Waals surface area contributed by atoms with E-state index in [4.69, 9.17) is 0 Å². The average Bonchev–Trinajstić information content (AvgIpc) is 2.15. The standard InChI is InChI=1S/C10H19N2O/c1-7-9-5-3-4-6-10(9)12(13)8(2)11-7/h7-11H,3-6H2,1-2H3/q-1. The van der Waals surface area contributed by atoms with Crippen LogP contribution in [0.25, 0.3) is 0 Å². The summed E-state index contributed by atoms with van der Waals surface area (Å²) in [7, 11) is 0. The summed E-state index contributed by atoms with van der Waals surface area (Å²) in [5.74, 6) is 0.586. The first-order valence-corrected chi connectivity index (χ1v) is 5.41. The molecule has 0 amide bonds. The van der Waals surface area contributed by atoms with Gasteiger partial charge in [0.2, 0.25) is 0 Å². The molecule has 2 aliphatic rings. The monoisotopic (exact) mass is 183 g/mol. The van der Waals surface area contributed by atoms with Crippen molar-refractivity contribution in [3.05, 3.63) is 5.21 Å². The van der Waals surface area contributed by atoms with Gasteiger partial charge in [-0.15, -0.1) is 0 Å². The van der Waals surface area contributed by atoms with Gasteiger partial charge in [0.15, 0.2) is 0 Å². The van der Waals surface area contributed by atoms with Crippen molar-refractivity contribution in [2.24, 2.45) is 5.92 Å². The van der Waals surface area contributed by atoms with E-state index in [1.165, 1.54) is 24.3 Å². The molecule has 0 spiro atoms. The van der Waals surface area contributed by atoms with Crippen LogP contribution in [0.1, 0.15) is 39.5 Å². The van der Waals surface area contributed by atoms with Crippen LogP contribution in [0, 0.1) is 11.1 Å².